The number of aryl methyl sites for hydroxylation is 1. The van der Waals surface area contributed by atoms with E-state index in [1.54, 1.807) is 31.4 Å². The first-order valence-corrected chi connectivity index (χ1v) is 9.92. The Morgan fingerprint density at radius 2 is 1.90 bits per heavy atom. The first-order chi connectivity index (χ1) is 14.5. The van der Waals surface area contributed by atoms with Crippen LogP contribution in [0, 0.1) is 6.92 Å². The lowest BCUT2D eigenvalue weighted by molar-refractivity contribution is 0.102. The summed E-state index contributed by atoms with van der Waals surface area (Å²) in [5.41, 5.74) is 11.7. The number of carbonyl (C=O) groups is 1. The number of nitrogens with zero attached hydrogens (tertiary/aromatic N) is 1. The van der Waals surface area contributed by atoms with Gasteiger partial charge in [-0.1, -0.05) is 30.3 Å². The Labute approximate surface area is 177 Å². The number of anilines is 2. The molecule has 1 amide bonds. The number of methoxy groups -OCH3 is 1. The van der Waals surface area contributed by atoms with Gasteiger partial charge in [0, 0.05) is 37.0 Å². The Bertz CT molecular complexity index is 1000. The Kier molecular flexibility index (Phi) is 7.17. The average molecular weight is 405 g/mol. The molecule has 0 fully saturated rings. The van der Waals surface area contributed by atoms with Gasteiger partial charge in [-0.2, -0.15) is 0 Å². The monoisotopic (exact) mass is 404 g/mol. The van der Waals surface area contributed by atoms with Crippen LogP contribution in [0.4, 0.5) is 11.4 Å². The summed E-state index contributed by atoms with van der Waals surface area (Å²) in [6, 6.07) is 17.0. The molecule has 0 radical (unpaired) electrons. The minimum Gasteiger partial charge on any atom is -0.397 e. The van der Waals surface area contributed by atoms with Crippen molar-refractivity contribution >= 4 is 17.3 Å². The maximum absolute atomic E-state index is 12.5. The molecule has 1 unspecified atom stereocenters. The zero-order valence-corrected chi connectivity index (χ0v) is 17.6. The summed E-state index contributed by atoms with van der Waals surface area (Å²) in [6.45, 7) is 5.53. The highest BCUT2D eigenvalue weighted by Gasteiger charge is 2.10. The van der Waals surface area contributed by atoms with Crippen molar-refractivity contribution in [2.75, 3.05) is 24.8 Å². The lowest BCUT2D eigenvalue weighted by Gasteiger charge is -2.14. The third-order valence-electron chi connectivity index (χ3n) is 4.84. The van der Waals surface area contributed by atoms with Crippen molar-refractivity contribution in [2.24, 2.45) is 0 Å². The second kappa shape index (κ2) is 10.0. The number of nitrogen functional groups attached to an aromatic ring is 1. The average Bonchev–Trinajstić information content (AvgIpc) is 2.74. The number of hydrogen-bond acceptors (Lipinski definition) is 5. The molecule has 0 aliphatic rings. The molecular weight excluding hydrogens is 376 g/mol. The number of nitrogens with one attached hydrogen (secondary N) is 2. The van der Waals surface area contributed by atoms with Crippen LogP contribution in [0.3, 0.4) is 0 Å². The summed E-state index contributed by atoms with van der Waals surface area (Å²) in [5.74, 6) is -0.198. The van der Waals surface area contributed by atoms with Crippen LogP contribution in [0.1, 0.15) is 28.4 Å². The van der Waals surface area contributed by atoms with Gasteiger partial charge in [0.05, 0.1) is 23.7 Å². The molecule has 0 saturated heterocycles. The molecule has 2 aromatic carbocycles. The van der Waals surface area contributed by atoms with E-state index in [2.05, 4.69) is 28.6 Å². The molecule has 0 saturated carbocycles. The van der Waals surface area contributed by atoms with E-state index in [0.717, 1.165) is 28.9 Å². The Hall–Kier alpha value is -3.22. The van der Waals surface area contributed by atoms with E-state index < -0.39 is 0 Å². The molecule has 3 aromatic rings. The number of para-hydroxylation sites is 2. The fraction of sp³-hybridized carbons (Fsp3) is 0.250. The number of rotatable bonds is 8. The summed E-state index contributed by atoms with van der Waals surface area (Å²) in [6.07, 6.45) is 1.88. The van der Waals surface area contributed by atoms with Crippen LogP contribution in [-0.4, -0.2) is 30.6 Å². The second-order valence-electron chi connectivity index (χ2n) is 7.37. The maximum atomic E-state index is 12.5. The fourth-order valence-electron chi connectivity index (χ4n) is 3.22. The molecular formula is C24H28N4O2. The highest BCUT2D eigenvalue weighted by Crippen LogP contribution is 2.23. The Balaban J connectivity index is 1.68. The third kappa shape index (κ3) is 5.43. The number of carbonyl (C=O) groups excluding carboxylic acids is 1. The van der Waals surface area contributed by atoms with Gasteiger partial charge in [-0.25, -0.2) is 0 Å². The predicted molar refractivity (Wildman–Crippen MR) is 121 cm³/mol. The highest BCUT2D eigenvalue weighted by atomic mass is 16.5. The number of benzene rings is 2. The molecule has 6 nitrogen and oxygen atoms in total. The lowest BCUT2D eigenvalue weighted by atomic mass is 10.0. The molecule has 0 aliphatic heterocycles. The predicted octanol–water partition coefficient (Wildman–Crippen LogP) is 4.02. The molecule has 3 rings (SSSR count). The highest BCUT2D eigenvalue weighted by molar-refractivity contribution is 6.05. The SMILES string of the molecule is COCC(C)NCc1cnc(-c2ccc(C(=O)Nc3ccccc3N)cc2)c(C)c1. The third-order valence-corrected chi connectivity index (χ3v) is 4.84. The van der Waals surface area contributed by atoms with Crippen molar-refractivity contribution < 1.29 is 9.53 Å². The molecule has 0 aliphatic carbocycles. The van der Waals surface area contributed by atoms with Crippen LogP contribution in [0.2, 0.25) is 0 Å². The summed E-state index contributed by atoms with van der Waals surface area (Å²) in [7, 11) is 1.70. The van der Waals surface area contributed by atoms with Crippen molar-refractivity contribution in [3.05, 3.63) is 77.5 Å². The first-order valence-electron chi connectivity index (χ1n) is 9.92. The zero-order chi connectivity index (χ0) is 21.5. The van der Waals surface area contributed by atoms with E-state index >= 15 is 0 Å². The summed E-state index contributed by atoms with van der Waals surface area (Å²) in [4.78, 5) is 17.1. The van der Waals surface area contributed by atoms with E-state index in [-0.39, 0.29) is 11.9 Å². The normalized spacial score (nSPS) is 11.8. The molecule has 1 aromatic heterocycles. The van der Waals surface area contributed by atoms with Gasteiger partial charge in [0.1, 0.15) is 0 Å². The molecule has 6 heteroatoms. The van der Waals surface area contributed by atoms with Gasteiger partial charge in [-0.3, -0.25) is 9.78 Å². The van der Waals surface area contributed by atoms with Crippen LogP contribution in [0.15, 0.2) is 60.8 Å². The Morgan fingerprint density at radius 3 is 2.57 bits per heavy atom. The van der Waals surface area contributed by atoms with Crippen molar-refractivity contribution in [3.63, 3.8) is 0 Å². The number of ether oxygens (including phenoxy) is 1. The standard InChI is InChI=1S/C24H28N4O2/c1-16-12-18(13-26-17(2)15-30-3)14-27-23(16)19-8-10-20(11-9-19)24(29)28-22-7-5-4-6-21(22)25/h4-12,14,17,26H,13,15,25H2,1-3H3,(H,28,29). The zero-order valence-electron chi connectivity index (χ0n) is 17.6. The van der Waals surface area contributed by atoms with E-state index in [0.29, 0.717) is 23.5 Å². The van der Waals surface area contributed by atoms with Crippen LogP contribution >= 0.6 is 0 Å². The van der Waals surface area contributed by atoms with E-state index in [4.69, 9.17) is 10.5 Å². The van der Waals surface area contributed by atoms with E-state index in [1.807, 2.05) is 37.4 Å². The summed E-state index contributed by atoms with van der Waals surface area (Å²) >= 11 is 0. The van der Waals surface area contributed by atoms with Crippen molar-refractivity contribution in [3.8, 4) is 11.3 Å². The first kappa shape index (κ1) is 21.5. The van der Waals surface area contributed by atoms with E-state index in [9.17, 15) is 4.79 Å². The quantitative estimate of drug-likeness (QED) is 0.494. The topological polar surface area (TPSA) is 89.3 Å². The van der Waals surface area contributed by atoms with E-state index in [1.165, 1.54) is 0 Å². The van der Waals surface area contributed by atoms with Crippen molar-refractivity contribution in [1.29, 1.82) is 0 Å². The number of amides is 1. The smallest absolute Gasteiger partial charge is 0.255 e. The molecule has 4 N–H and O–H groups in total. The molecule has 156 valence electrons. The van der Waals surface area contributed by atoms with Gasteiger partial charge in [0.15, 0.2) is 0 Å². The van der Waals surface area contributed by atoms with Crippen molar-refractivity contribution in [2.45, 2.75) is 26.4 Å². The largest absolute Gasteiger partial charge is 0.397 e. The minimum absolute atomic E-state index is 0.198. The molecule has 0 bridgehead atoms. The maximum Gasteiger partial charge on any atom is 0.255 e. The number of aromatic nitrogens is 1. The number of hydrogen-bond donors (Lipinski definition) is 3. The van der Waals surface area contributed by atoms with Gasteiger partial charge in [-0.05, 0) is 49.2 Å². The van der Waals surface area contributed by atoms with Gasteiger partial charge >= 0.3 is 0 Å². The van der Waals surface area contributed by atoms with Gasteiger partial charge in [0.25, 0.3) is 5.91 Å². The second-order valence-corrected chi connectivity index (χ2v) is 7.37. The number of nitrogens with two attached hydrogens (primary N) is 1. The lowest BCUT2D eigenvalue weighted by Crippen LogP contribution is -2.29. The molecule has 0 spiro atoms. The molecule has 1 heterocycles. The van der Waals surface area contributed by atoms with Crippen LogP contribution < -0.4 is 16.4 Å². The van der Waals surface area contributed by atoms with Gasteiger partial charge < -0.3 is 21.1 Å². The Morgan fingerprint density at radius 1 is 1.17 bits per heavy atom. The van der Waals surface area contributed by atoms with Crippen LogP contribution in [-0.2, 0) is 11.3 Å². The van der Waals surface area contributed by atoms with Gasteiger partial charge in [0.2, 0.25) is 0 Å². The fourth-order valence-corrected chi connectivity index (χ4v) is 3.22. The van der Waals surface area contributed by atoms with Gasteiger partial charge in [-0.15, -0.1) is 0 Å². The minimum atomic E-state index is -0.198. The molecule has 1 atom stereocenters. The van der Waals surface area contributed by atoms with Crippen molar-refractivity contribution in [1.82, 2.24) is 10.3 Å². The van der Waals surface area contributed by atoms with Crippen LogP contribution in [0.5, 0.6) is 0 Å². The summed E-state index contributed by atoms with van der Waals surface area (Å²) in [5, 5.41) is 6.25. The van der Waals surface area contributed by atoms with Crippen LogP contribution in [0.25, 0.3) is 11.3 Å². The number of pyridine rings is 1. The summed E-state index contributed by atoms with van der Waals surface area (Å²) < 4.78 is 5.15. The molecule has 30 heavy (non-hydrogen) atoms.